The minimum absolute atomic E-state index is 0.194. The number of anilines is 1. The molecule has 8 nitrogen and oxygen atoms in total. The van der Waals surface area contributed by atoms with Crippen LogP contribution in [0.5, 0.6) is 11.5 Å². The molecule has 0 spiro atoms. The molecular weight excluding hydrogens is 404 g/mol. The second-order valence-electron chi connectivity index (χ2n) is 8.55. The summed E-state index contributed by atoms with van der Waals surface area (Å²) >= 11 is 0. The van der Waals surface area contributed by atoms with Gasteiger partial charge in [-0.05, 0) is 65.6 Å². The second kappa shape index (κ2) is 8.78. The van der Waals surface area contributed by atoms with Crippen LogP contribution < -0.4 is 14.4 Å². The van der Waals surface area contributed by atoms with E-state index in [2.05, 4.69) is 64.3 Å². The van der Waals surface area contributed by atoms with E-state index in [1.54, 1.807) is 0 Å². The van der Waals surface area contributed by atoms with E-state index < -0.39 is 0 Å². The van der Waals surface area contributed by atoms with Crippen molar-refractivity contribution in [1.82, 2.24) is 25.1 Å². The smallest absolute Gasteiger partial charge is 0.231 e. The number of rotatable bonds is 6. The molecule has 32 heavy (non-hydrogen) atoms. The van der Waals surface area contributed by atoms with E-state index in [4.69, 9.17) is 9.47 Å². The van der Waals surface area contributed by atoms with Crippen molar-refractivity contribution in [3.05, 3.63) is 58.9 Å². The number of benzene rings is 2. The number of hydrogen-bond donors (Lipinski definition) is 0. The molecule has 5 rings (SSSR count). The molecule has 0 amide bonds. The molecule has 1 saturated heterocycles. The molecule has 1 atom stereocenters. The van der Waals surface area contributed by atoms with Gasteiger partial charge in [0.1, 0.15) is 0 Å². The molecule has 0 N–H and O–H groups in total. The normalized spacial score (nSPS) is 17.0. The van der Waals surface area contributed by atoms with Crippen LogP contribution in [0.25, 0.3) is 0 Å². The summed E-state index contributed by atoms with van der Waals surface area (Å²) in [6.45, 7) is 11.5. The summed E-state index contributed by atoms with van der Waals surface area (Å²) in [5, 5.41) is 12.7. The molecule has 1 fully saturated rings. The lowest BCUT2D eigenvalue weighted by molar-refractivity contribution is 0.169. The molecule has 0 bridgehead atoms. The molecule has 0 radical (unpaired) electrons. The number of fused-ring (bicyclic) bond motifs is 1. The quantitative estimate of drug-likeness (QED) is 0.589. The number of aryl methyl sites for hydroxylation is 1. The van der Waals surface area contributed by atoms with Gasteiger partial charge in [-0.15, -0.1) is 5.10 Å². The molecule has 0 saturated carbocycles. The van der Waals surface area contributed by atoms with Crippen molar-refractivity contribution in [2.75, 3.05) is 37.9 Å². The van der Waals surface area contributed by atoms with Crippen LogP contribution in [0.15, 0.2) is 36.4 Å². The first-order chi connectivity index (χ1) is 15.6. The van der Waals surface area contributed by atoms with Crippen LogP contribution in [0, 0.1) is 13.8 Å². The first kappa shape index (κ1) is 20.8. The maximum atomic E-state index is 5.52. The summed E-state index contributed by atoms with van der Waals surface area (Å²) in [4.78, 5) is 5.02. The van der Waals surface area contributed by atoms with Crippen LogP contribution in [0.3, 0.4) is 0 Å². The van der Waals surface area contributed by atoms with Crippen LogP contribution in [0.1, 0.15) is 41.9 Å². The molecule has 2 aromatic carbocycles. The Morgan fingerprint density at radius 2 is 1.81 bits per heavy atom. The highest BCUT2D eigenvalue weighted by molar-refractivity contribution is 5.56. The van der Waals surface area contributed by atoms with Crippen molar-refractivity contribution in [1.29, 1.82) is 0 Å². The predicted octanol–water partition coefficient (Wildman–Crippen LogP) is 3.34. The van der Waals surface area contributed by atoms with Crippen LogP contribution in [-0.4, -0.2) is 58.1 Å². The summed E-state index contributed by atoms with van der Waals surface area (Å²) < 4.78 is 12.9. The lowest BCUT2D eigenvalue weighted by atomic mass is 10.1. The largest absolute Gasteiger partial charge is 0.454 e. The number of piperazine rings is 1. The topological polar surface area (TPSA) is 68.5 Å². The highest BCUT2D eigenvalue weighted by Gasteiger charge is 2.28. The summed E-state index contributed by atoms with van der Waals surface area (Å²) in [6, 6.07) is 12.8. The average Bonchev–Trinajstić information content (AvgIpc) is 3.46. The molecule has 8 heteroatoms. The van der Waals surface area contributed by atoms with Gasteiger partial charge in [0.15, 0.2) is 17.3 Å². The summed E-state index contributed by atoms with van der Waals surface area (Å²) in [7, 11) is 0. The van der Waals surface area contributed by atoms with E-state index in [1.807, 2.05) is 22.9 Å². The molecule has 3 aromatic rings. The van der Waals surface area contributed by atoms with Crippen molar-refractivity contribution < 1.29 is 9.47 Å². The van der Waals surface area contributed by atoms with Gasteiger partial charge in [-0.3, -0.25) is 4.90 Å². The maximum Gasteiger partial charge on any atom is 0.231 e. The van der Waals surface area contributed by atoms with Crippen molar-refractivity contribution in [2.24, 2.45) is 0 Å². The van der Waals surface area contributed by atoms with E-state index in [0.29, 0.717) is 6.54 Å². The zero-order chi connectivity index (χ0) is 22.1. The monoisotopic (exact) mass is 434 g/mol. The number of tetrazole rings is 1. The fourth-order valence-electron chi connectivity index (χ4n) is 4.73. The highest BCUT2D eigenvalue weighted by atomic mass is 16.7. The molecule has 2 aliphatic heterocycles. The van der Waals surface area contributed by atoms with Crippen molar-refractivity contribution >= 4 is 5.69 Å². The minimum Gasteiger partial charge on any atom is -0.454 e. The predicted molar refractivity (Wildman–Crippen MR) is 122 cm³/mol. The zero-order valence-corrected chi connectivity index (χ0v) is 19.0. The standard InChI is InChI=1S/C24H30N6O2/c1-4-20(28-10-12-29(13-11-28)21-7-5-6-17(2)18(21)3)24-25-26-27-30(24)15-19-8-9-22-23(14-19)32-16-31-22/h5-9,14,20H,4,10-13,15-16H2,1-3H3/t20-/m0/s1. The van der Waals surface area contributed by atoms with Crippen molar-refractivity contribution in [3.63, 3.8) is 0 Å². The van der Waals surface area contributed by atoms with Gasteiger partial charge in [0.2, 0.25) is 6.79 Å². The van der Waals surface area contributed by atoms with Crippen LogP contribution in [-0.2, 0) is 6.54 Å². The van der Waals surface area contributed by atoms with Gasteiger partial charge in [0, 0.05) is 31.9 Å². The fraction of sp³-hybridized carbons (Fsp3) is 0.458. The lowest BCUT2D eigenvalue weighted by Gasteiger charge is -2.40. The second-order valence-corrected chi connectivity index (χ2v) is 8.55. The number of aromatic nitrogens is 4. The van der Waals surface area contributed by atoms with Crippen LogP contribution >= 0.6 is 0 Å². The summed E-state index contributed by atoms with van der Waals surface area (Å²) in [5.74, 6) is 2.50. The van der Waals surface area contributed by atoms with Gasteiger partial charge in [-0.1, -0.05) is 25.1 Å². The van der Waals surface area contributed by atoms with Crippen molar-refractivity contribution in [3.8, 4) is 11.5 Å². The SMILES string of the molecule is CC[C@@H](c1nnnn1Cc1ccc2c(c1)OCO2)N1CCN(c2cccc(C)c2C)CC1. The van der Waals surface area contributed by atoms with Gasteiger partial charge < -0.3 is 14.4 Å². The Morgan fingerprint density at radius 3 is 2.62 bits per heavy atom. The fourth-order valence-corrected chi connectivity index (χ4v) is 4.73. The lowest BCUT2D eigenvalue weighted by Crippen LogP contribution is -2.48. The van der Waals surface area contributed by atoms with E-state index in [-0.39, 0.29) is 12.8 Å². The zero-order valence-electron chi connectivity index (χ0n) is 19.0. The third-order valence-corrected chi connectivity index (χ3v) is 6.69. The highest BCUT2D eigenvalue weighted by Crippen LogP contribution is 2.33. The number of ether oxygens (including phenoxy) is 2. The molecule has 3 heterocycles. The van der Waals surface area contributed by atoms with Crippen LogP contribution in [0.2, 0.25) is 0 Å². The molecular formula is C24H30N6O2. The van der Waals surface area contributed by atoms with Crippen LogP contribution in [0.4, 0.5) is 5.69 Å². The van der Waals surface area contributed by atoms with Gasteiger partial charge in [-0.2, -0.15) is 0 Å². The molecule has 168 valence electrons. The van der Waals surface area contributed by atoms with Gasteiger partial charge >= 0.3 is 0 Å². The Balaban J connectivity index is 1.29. The first-order valence-corrected chi connectivity index (χ1v) is 11.3. The Kier molecular flexibility index (Phi) is 5.70. The van der Waals surface area contributed by atoms with Gasteiger partial charge in [0.25, 0.3) is 0 Å². The molecule has 1 aromatic heterocycles. The summed E-state index contributed by atoms with van der Waals surface area (Å²) in [6.07, 6.45) is 0.963. The summed E-state index contributed by atoms with van der Waals surface area (Å²) in [5.41, 5.74) is 5.17. The third kappa shape index (κ3) is 3.90. The number of nitrogens with zero attached hydrogens (tertiary/aromatic N) is 6. The van der Waals surface area contributed by atoms with E-state index >= 15 is 0 Å². The van der Waals surface area contributed by atoms with E-state index in [0.717, 1.165) is 55.5 Å². The van der Waals surface area contributed by atoms with Gasteiger partial charge in [-0.25, -0.2) is 4.68 Å². The van der Waals surface area contributed by atoms with E-state index in [9.17, 15) is 0 Å². The van der Waals surface area contributed by atoms with Crippen molar-refractivity contribution in [2.45, 2.75) is 39.8 Å². The maximum absolute atomic E-state index is 5.52. The molecule has 2 aliphatic rings. The number of hydrogen-bond acceptors (Lipinski definition) is 7. The first-order valence-electron chi connectivity index (χ1n) is 11.3. The average molecular weight is 435 g/mol. The third-order valence-electron chi connectivity index (χ3n) is 6.69. The Hall–Kier alpha value is -3.13. The minimum atomic E-state index is 0.194. The van der Waals surface area contributed by atoms with Gasteiger partial charge in [0.05, 0.1) is 12.6 Å². The molecule has 0 unspecified atom stereocenters. The van der Waals surface area contributed by atoms with E-state index in [1.165, 1.54) is 16.8 Å². The Morgan fingerprint density at radius 1 is 1.00 bits per heavy atom. The Bertz CT molecular complexity index is 1090. The molecule has 0 aliphatic carbocycles. The Labute approximate surface area is 188 Å².